The summed E-state index contributed by atoms with van der Waals surface area (Å²) in [5.74, 6) is 0. The van der Waals surface area contributed by atoms with Crippen LogP contribution in [-0.2, 0) is 12.8 Å². The smallest absolute Gasteiger partial charge is 0.0730 e. The van der Waals surface area contributed by atoms with E-state index in [0.717, 1.165) is 41.0 Å². The van der Waals surface area contributed by atoms with Crippen molar-refractivity contribution in [1.29, 1.82) is 0 Å². The summed E-state index contributed by atoms with van der Waals surface area (Å²) in [6, 6.07) is 47.9. The summed E-state index contributed by atoms with van der Waals surface area (Å²) in [5.41, 5.74) is 13.4. The number of aryl methyl sites for hydroxylation is 2. The molecule has 2 heteroatoms. The van der Waals surface area contributed by atoms with Gasteiger partial charge in [0.2, 0.25) is 0 Å². The minimum atomic E-state index is 0.973. The highest BCUT2D eigenvalue weighted by Gasteiger charge is 2.23. The van der Waals surface area contributed by atoms with Gasteiger partial charge in [0.1, 0.15) is 0 Å². The molecular weight excluding hydrogens is 472 g/mol. The third-order valence-electron chi connectivity index (χ3n) is 8.08. The van der Waals surface area contributed by atoms with E-state index in [2.05, 4.69) is 138 Å². The molecule has 0 aliphatic heterocycles. The largest absolute Gasteiger partial charge is 0.309 e. The Morgan fingerprint density at radius 2 is 1.13 bits per heavy atom. The van der Waals surface area contributed by atoms with Crippen LogP contribution in [0.2, 0.25) is 0 Å². The highest BCUT2D eigenvalue weighted by molar-refractivity contribution is 6.17. The zero-order valence-electron chi connectivity index (χ0n) is 21.5. The van der Waals surface area contributed by atoms with Crippen LogP contribution in [0, 0.1) is 0 Å². The summed E-state index contributed by atoms with van der Waals surface area (Å²) in [4.78, 5) is 5.13. The summed E-state index contributed by atoms with van der Waals surface area (Å²) in [7, 11) is 0. The molecular formula is C37H26N2. The molecule has 2 heterocycles. The summed E-state index contributed by atoms with van der Waals surface area (Å²) in [6.45, 7) is 0. The van der Waals surface area contributed by atoms with Crippen LogP contribution in [0.5, 0.6) is 0 Å². The van der Waals surface area contributed by atoms with E-state index in [4.69, 9.17) is 4.98 Å². The number of hydrogen-bond acceptors (Lipinski definition) is 1. The third kappa shape index (κ3) is 3.53. The maximum Gasteiger partial charge on any atom is 0.0730 e. The Balaban J connectivity index is 1.47. The lowest BCUT2D eigenvalue weighted by atomic mass is 9.83. The van der Waals surface area contributed by atoms with Crippen LogP contribution in [0.25, 0.3) is 61.1 Å². The molecule has 0 unspecified atom stereocenters. The van der Waals surface area contributed by atoms with Crippen molar-refractivity contribution in [3.63, 3.8) is 0 Å². The summed E-state index contributed by atoms with van der Waals surface area (Å²) in [6.07, 6.45) is 2.17. The Morgan fingerprint density at radius 3 is 1.87 bits per heavy atom. The summed E-state index contributed by atoms with van der Waals surface area (Å²) < 4.78 is 2.43. The molecule has 1 aliphatic rings. The second-order valence-corrected chi connectivity index (χ2v) is 10.3. The van der Waals surface area contributed by atoms with E-state index in [9.17, 15) is 0 Å². The minimum absolute atomic E-state index is 0.973. The quantitative estimate of drug-likeness (QED) is 0.237. The molecule has 2 aromatic heterocycles. The molecule has 2 nitrogen and oxygen atoms in total. The van der Waals surface area contributed by atoms with E-state index in [-0.39, 0.29) is 0 Å². The molecule has 7 aromatic rings. The Bertz CT molecular complexity index is 1940. The van der Waals surface area contributed by atoms with Crippen LogP contribution in [0.1, 0.15) is 11.1 Å². The number of fused-ring (bicyclic) bond motifs is 7. The Morgan fingerprint density at radius 1 is 0.513 bits per heavy atom. The molecule has 1 aliphatic carbocycles. The molecule has 0 bridgehead atoms. The van der Waals surface area contributed by atoms with E-state index in [1.807, 2.05) is 0 Å². The van der Waals surface area contributed by atoms with Crippen molar-refractivity contribution < 1.29 is 0 Å². The van der Waals surface area contributed by atoms with Gasteiger partial charge in [-0.25, -0.2) is 4.98 Å². The van der Waals surface area contributed by atoms with Crippen LogP contribution in [-0.4, -0.2) is 9.55 Å². The fourth-order valence-electron chi connectivity index (χ4n) is 6.31. The van der Waals surface area contributed by atoms with Crippen molar-refractivity contribution in [3.05, 3.63) is 145 Å². The number of pyridine rings is 1. The zero-order chi connectivity index (χ0) is 25.8. The van der Waals surface area contributed by atoms with E-state index in [0.29, 0.717) is 0 Å². The van der Waals surface area contributed by atoms with Crippen LogP contribution in [0.4, 0.5) is 0 Å². The number of rotatable bonds is 3. The molecule has 0 saturated carbocycles. The van der Waals surface area contributed by atoms with E-state index in [1.54, 1.807) is 0 Å². The Labute approximate surface area is 227 Å². The molecule has 0 radical (unpaired) electrons. The van der Waals surface area contributed by atoms with Gasteiger partial charge in [-0.15, -0.1) is 0 Å². The van der Waals surface area contributed by atoms with Crippen LogP contribution in [0.15, 0.2) is 133 Å². The zero-order valence-corrected chi connectivity index (χ0v) is 21.5. The SMILES string of the molecule is c1ccc(-c2cc(-n3c4ccccc4c4c5c(ccc43)CCc3ccccc3-5)cc(-c3ccccc3)n2)cc1. The van der Waals surface area contributed by atoms with Crippen LogP contribution >= 0.6 is 0 Å². The molecule has 0 fully saturated rings. The predicted molar refractivity (Wildman–Crippen MR) is 162 cm³/mol. The summed E-state index contributed by atoms with van der Waals surface area (Å²) in [5, 5.41) is 2.63. The first-order chi connectivity index (χ1) is 19.3. The first kappa shape index (κ1) is 22.1. The first-order valence-corrected chi connectivity index (χ1v) is 13.6. The normalized spacial score (nSPS) is 12.4. The number of nitrogens with zero attached hydrogens (tertiary/aromatic N) is 2. The van der Waals surface area contributed by atoms with E-state index in [1.165, 1.54) is 44.1 Å². The maximum atomic E-state index is 5.13. The molecule has 0 atom stereocenters. The number of hydrogen-bond donors (Lipinski definition) is 0. The fraction of sp³-hybridized carbons (Fsp3) is 0.0541. The average molecular weight is 499 g/mol. The predicted octanol–water partition coefficient (Wildman–Crippen LogP) is 9.28. The number of aromatic nitrogens is 2. The molecule has 0 N–H and O–H groups in total. The lowest BCUT2D eigenvalue weighted by molar-refractivity contribution is 0.945. The van der Waals surface area contributed by atoms with Gasteiger partial charge in [-0.05, 0) is 59.4 Å². The Kier molecular flexibility index (Phi) is 4.99. The molecule has 0 spiro atoms. The van der Waals surface area contributed by atoms with Crippen molar-refractivity contribution in [3.8, 4) is 39.3 Å². The van der Waals surface area contributed by atoms with Crippen molar-refractivity contribution in [2.45, 2.75) is 12.8 Å². The van der Waals surface area contributed by atoms with E-state index < -0.39 is 0 Å². The maximum absolute atomic E-state index is 5.13. The monoisotopic (exact) mass is 498 g/mol. The first-order valence-electron chi connectivity index (χ1n) is 13.6. The van der Waals surface area contributed by atoms with Gasteiger partial charge in [-0.2, -0.15) is 0 Å². The summed E-state index contributed by atoms with van der Waals surface area (Å²) >= 11 is 0. The lowest BCUT2D eigenvalue weighted by Gasteiger charge is -2.21. The Hall–Kier alpha value is -4.95. The topological polar surface area (TPSA) is 17.8 Å². The second kappa shape index (κ2) is 8.82. The van der Waals surface area contributed by atoms with Crippen molar-refractivity contribution in [1.82, 2.24) is 9.55 Å². The highest BCUT2D eigenvalue weighted by atomic mass is 15.0. The molecule has 0 saturated heterocycles. The van der Waals surface area contributed by atoms with Crippen molar-refractivity contribution >= 4 is 21.8 Å². The lowest BCUT2D eigenvalue weighted by Crippen LogP contribution is -2.04. The van der Waals surface area contributed by atoms with Crippen molar-refractivity contribution in [2.24, 2.45) is 0 Å². The fourth-order valence-corrected chi connectivity index (χ4v) is 6.31. The van der Waals surface area contributed by atoms with Gasteiger partial charge in [-0.1, -0.05) is 109 Å². The van der Waals surface area contributed by atoms with E-state index >= 15 is 0 Å². The van der Waals surface area contributed by atoms with Crippen LogP contribution < -0.4 is 0 Å². The molecule has 184 valence electrons. The average Bonchev–Trinajstić information content (AvgIpc) is 3.36. The van der Waals surface area contributed by atoms with Crippen LogP contribution in [0.3, 0.4) is 0 Å². The minimum Gasteiger partial charge on any atom is -0.309 e. The van der Waals surface area contributed by atoms with Gasteiger partial charge in [0.25, 0.3) is 0 Å². The number of para-hydroxylation sites is 1. The standard InChI is InChI=1S/C37H26N2/c1-3-12-26(13-4-1)32-23-29(24-33(38-32)27-14-5-2-6-15-27)39-34-18-10-9-17-31(34)37-35(39)22-21-28-20-19-25-11-7-8-16-30(25)36(28)37/h1-18,21-24H,19-20H2. The molecule has 8 rings (SSSR count). The molecule has 5 aromatic carbocycles. The molecule has 39 heavy (non-hydrogen) atoms. The van der Waals surface area contributed by atoms with Gasteiger partial charge in [0, 0.05) is 21.9 Å². The van der Waals surface area contributed by atoms with Gasteiger partial charge in [0.15, 0.2) is 0 Å². The van der Waals surface area contributed by atoms with Gasteiger partial charge >= 0.3 is 0 Å². The van der Waals surface area contributed by atoms with Gasteiger partial charge < -0.3 is 4.57 Å². The van der Waals surface area contributed by atoms with Crippen molar-refractivity contribution in [2.75, 3.05) is 0 Å². The van der Waals surface area contributed by atoms with Gasteiger partial charge in [0.05, 0.1) is 28.1 Å². The molecule has 0 amide bonds. The van der Waals surface area contributed by atoms with Gasteiger partial charge in [-0.3, -0.25) is 0 Å². The number of benzene rings is 5. The second-order valence-electron chi connectivity index (χ2n) is 10.3. The highest BCUT2D eigenvalue weighted by Crippen LogP contribution is 2.44. The third-order valence-corrected chi connectivity index (χ3v) is 8.08.